The molecule has 5 heteroatoms. The third-order valence-corrected chi connectivity index (χ3v) is 2.24. The Morgan fingerprint density at radius 3 is 2.53 bits per heavy atom. The Kier molecular flexibility index (Phi) is 4.04. The van der Waals surface area contributed by atoms with Crippen LogP contribution in [0.2, 0.25) is 0 Å². The summed E-state index contributed by atoms with van der Waals surface area (Å²) in [6.07, 6.45) is 0.825. The van der Waals surface area contributed by atoms with Crippen molar-refractivity contribution in [3.63, 3.8) is 0 Å². The summed E-state index contributed by atoms with van der Waals surface area (Å²) in [7, 11) is 0. The summed E-state index contributed by atoms with van der Waals surface area (Å²) < 4.78 is 18.6. The minimum atomic E-state index is -0.872. The summed E-state index contributed by atoms with van der Waals surface area (Å²) in [6.45, 7) is 6.69. The summed E-state index contributed by atoms with van der Waals surface area (Å²) in [5, 5.41) is 10.4. The molecule has 0 heterocycles. The fourth-order valence-corrected chi connectivity index (χ4v) is 1.20. The molecule has 0 bridgehead atoms. The van der Waals surface area contributed by atoms with Gasteiger partial charge in [0.25, 0.3) is 0 Å². The van der Waals surface area contributed by atoms with Crippen molar-refractivity contribution in [1.29, 1.82) is 0 Å². The lowest BCUT2D eigenvalue weighted by Crippen LogP contribution is -2.11. The molecule has 0 spiro atoms. The van der Waals surface area contributed by atoms with Gasteiger partial charge in [0.2, 0.25) is 5.82 Å². The number of rotatable bonds is 4. The monoisotopic (exact) mass is 241 g/mol. The van der Waals surface area contributed by atoms with Crippen LogP contribution in [0.4, 0.5) is 10.1 Å². The molecular weight excluding hydrogens is 225 g/mol. The molecule has 94 valence electrons. The second-order valence-corrected chi connectivity index (χ2v) is 5.03. The zero-order valence-corrected chi connectivity index (χ0v) is 10.2. The molecule has 0 saturated heterocycles. The second-order valence-electron chi connectivity index (χ2n) is 5.03. The molecule has 1 aromatic rings. The first-order valence-electron chi connectivity index (χ1n) is 5.36. The third-order valence-electron chi connectivity index (χ3n) is 2.24. The fourth-order valence-electron chi connectivity index (χ4n) is 1.20. The van der Waals surface area contributed by atoms with E-state index in [9.17, 15) is 14.5 Å². The van der Waals surface area contributed by atoms with Crippen LogP contribution in [0.25, 0.3) is 0 Å². The lowest BCUT2D eigenvalue weighted by Gasteiger charge is -2.18. The van der Waals surface area contributed by atoms with Crippen molar-refractivity contribution < 1.29 is 14.1 Å². The van der Waals surface area contributed by atoms with E-state index >= 15 is 0 Å². The van der Waals surface area contributed by atoms with E-state index in [-0.39, 0.29) is 5.41 Å². The maximum atomic E-state index is 13.2. The Morgan fingerprint density at radius 1 is 1.41 bits per heavy atom. The van der Waals surface area contributed by atoms with Gasteiger partial charge in [-0.25, -0.2) is 0 Å². The van der Waals surface area contributed by atoms with Crippen molar-refractivity contribution in [3.8, 4) is 5.75 Å². The highest BCUT2D eigenvalue weighted by Gasteiger charge is 2.15. The predicted molar refractivity (Wildman–Crippen MR) is 62.6 cm³/mol. The number of nitro benzene ring substituents is 1. The summed E-state index contributed by atoms with van der Waals surface area (Å²) >= 11 is 0. The first kappa shape index (κ1) is 13.4. The Bertz CT molecular complexity index is 413. The normalized spacial score (nSPS) is 11.3. The van der Waals surface area contributed by atoms with E-state index in [1.54, 1.807) is 0 Å². The Hall–Kier alpha value is -1.65. The van der Waals surface area contributed by atoms with Gasteiger partial charge in [0.1, 0.15) is 5.75 Å². The van der Waals surface area contributed by atoms with Crippen molar-refractivity contribution in [1.82, 2.24) is 0 Å². The molecule has 0 amide bonds. The number of halogens is 1. The molecule has 0 aliphatic rings. The van der Waals surface area contributed by atoms with Crippen LogP contribution >= 0.6 is 0 Å². The van der Waals surface area contributed by atoms with E-state index in [4.69, 9.17) is 4.74 Å². The molecule has 1 aromatic carbocycles. The topological polar surface area (TPSA) is 52.4 Å². The van der Waals surface area contributed by atoms with Gasteiger partial charge in [-0.1, -0.05) is 20.8 Å². The number of benzene rings is 1. The van der Waals surface area contributed by atoms with Crippen molar-refractivity contribution >= 4 is 5.69 Å². The molecule has 0 unspecified atom stereocenters. The zero-order chi connectivity index (χ0) is 13.1. The van der Waals surface area contributed by atoms with Crippen LogP contribution in [-0.2, 0) is 0 Å². The molecule has 1 rings (SSSR count). The van der Waals surface area contributed by atoms with Crippen LogP contribution in [0.5, 0.6) is 5.75 Å². The lowest BCUT2D eigenvalue weighted by molar-refractivity contribution is -0.387. The molecule has 4 nitrogen and oxygen atoms in total. The van der Waals surface area contributed by atoms with Crippen molar-refractivity contribution in [2.75, 3.05) is 6.61 Å². The van der Waals surface area contributed by atoms with E-state index in [0.717, 1.165) is 18.6 Å². The van der Waals surface area contributed by atoms with E-state index < -0.39 is 16.4 Å². The molecule has 0 aliphatic heterocycles. The number of hydrogen-bond acceptors (Lipinski definition) is 3. The maximum absolute atomic E-state index is 13.2. The molecule has 17 heavy (non-hydrogen) atoms. The molecule has 0 radical (unpaired) electrons. The molecule has 0 saturated carbocycles. The van der Waals surface area contributed by atoms with Crippen LogP contribution in [0.15, 0.2) is 18.2 Å². The minimum Gasteiger partial charge on any atom is -0.493 e. The quantitative estimate of drug-likeness (QED) is 0.598. The van der Waals surface area contributed by atoms with Gasteiger partial charge in [-0.15, -0.1) is 0 Å². The van der Waals surface area contributed by atoms with Gasteiger partial charge >= 0.3 is 5.69 Å². The van der Waals surface area contributed by atoms with Gasteiger partial charge in [0.05, 0.1) is 11.5 Å². The van der Waals surface area contributed by atoms with Crippen LogP contribution < -0.4 is 4.74 Å². The van der Waals surface area contributed by atoms with E-state index in [2.05, 4.69) is 20.8 Å². The number of hydrogen-bond donors (Lipinski definition) is 0. The Balaban J connectivity index is 2.62. The highest BCUT2D eigenvalue weighted by Crippen LogP contribution is 2.24. The van der Waals surface area contributed by atoms with Crippen LogP contribution in [0, 0.1) is 21.3 Å². The van der Waals surface area contributed by atoms with Gasteiger partial charge in [0, 0.05) is 12.1 Å². The van der Waals surface area contributed by atoms with Crippen molar-refractivity contribution in [2.45, 2.75) is 27.2 Å². The molecule has 0 aromatic heterocycles. The highest BCUT2D eigenvalue weighted by atomic mass is 19.1. The first-order valence-corrected chi connectivity index (χ1v) is 5.36. The van der Waals surface area contributed by atoms with Gasteiger partial charge in [-0.2, -0.15) is 4.39 Å². The number of nitro groups is 1. The number of nitrogens with zero attached hydrogens (tertiary/aromatic N) is 1. The average molecular weight is 241 g/mol. The van der Waals surface area contributed by atoms with E-state index in [0.29, 0.717) is 12.4 Å². The van der Waals surface area contributed by atoms with Crippen molar-refractivity contribution in [3.05, 3.63) is 34.1 Å². The van der Waals surface area contributed by atoms with E-state index in [1.807, 2.05) is 0 Å². The summed E-state index contributed by atoms with van der Waals surface area (Å²) in [5.41, 5.74) is -0.396. The Labute approximate surface area is 99.6 Å². The summed E-state index contributed by atoms with van der Waals surface area (Å²) in [6, 6.07) is 3.56. The fraction of sp³-hybridized carbons (Fsp3) is 0.500. The van der Waals surface area contributed by atoms with Crippen LogP contribution in [-0.4, -0.2) is 11.5 Å². The molecule has 0 fully saturated rings. The molecule has 0 N–H and O–H groups in total. The van der Waals surface area contributed by atoms with E-state index in [1.165, 1.54) is 6.07 Å². The first-order chi connectivity index (χ1) is 7.79. The average Bonchev–Trinajstić information content (AvgIpc) is 2.15. The molecular formula is C12H16FNO3. The predicted octanol–water partition coefficient (Wildman–Crippen LogP) is 3.55. The summed E-state index contributed by atoms with van der Waals surface area (Å²) in [5.74, 6) is -0.555. The standard InChI is InChI=1S/C12H16FNO3/c1-12(2,3)6-7-17-9-4-5-11(14(15)16)10(13)8-9/h4-5,8H,6-7H2,1-3H3. The largest absolute Gasteiger partial charge is 0.493 e. The lowest BCUT2D eigenvalue weighted by atomic mass is 9.93. The minimum absolute atomic E-state index is 0.138. The van der Waals surface area contributed by atoms with Gasteiger partial charge < -0.3 is 4.74 Å². The van der Waals surface area contributed by atoms with Gasteiger partial charge in [0.15, 0.2) is 0 Å². The Morgan fingerprint density at radius 2 is 2.06 bits per heavy atom. The maximum Gasteiger partial charge on any atom is 0.305 e. The smallest absolute Gasteiger partial charge is 0.305 e. The number of ether oxygens (including phenoxy) is 1. The van der Waals surface area contributed by atoms with Crippen molar-refractivity contribution in [2.24, 2.45) is 5.41 Å². The van der Waals surface area contributed by atoms with Gasteiger partial charge in [-0.05, 0) is 17.9 Å². The van der Waals surface area contributed by atoms with Crippen LogP contribution in [0.1, 0.15) is 27.2 Å². The zero-order valence-electron chi connectivity index (χ0n) is 10.2. The highest BCUT2D eigenvalue weighted by molar-refractivity contribution is 5.37. The van der Waals surface area contributed by atoms with Gasteiger partial charge in [-0.3, -0.25) is 10.1 Å². The second kappa shape index (κ2) is 5.12. The summed E-state index contributed by atoms with van der Waals surface area (Å²) in [4.78, 5) is 9.65. The molecule has 0 aliphatic carbocycles. The third kappa shape index (κ3) is 4.38. The van der Waals surface area contributed by atoms with Crippen LogP contribution in [0.3, 0.4) is 0 Å². The SMILES string of the molecule is CC(C)(C)CCOc1ccc([N+](=O)[O-])c(F)c1. The molecule has 0 atom stereocenters.